The van der Waals surface area contributed by atoms with Crippen LogP contribution in [0.3, 0.4) is 0 Å². The van der Waals surface area contributed by atoms with E-state index in [9.17, 15) is 14.7 Å². The Balaban J connectivity index is 1.61. The van der Waals surface area contributed by atoms with Crippen molar-refractivity contribution in [2.75, 3.05) is 0 Å². The van der Waals surface area contributed by atoms with Crippen LogP contribution < -0.4 is 10.6 Å². The molecule has 2 aliphatic rings. The molecule has 0 aromatic heterocycles. The van der Waals surface area contributed by atoms with Crippen molar-refractivity contribution in [3.05, 3.63) is 47.2 Å². The van der Waals surface area contributed by atoms with Gasteiger partial charge in [0.25, 0.3) is 11.8 Å². The van der Waals surface area contributed by atoms with Gasteiger partial charge in [-0.15, -0.1) is 0 Å². The Morgan fingerprint density at radius 2 is 1.78 bits per heavy atom. The molecule has 1 aliphatic heterocycles. The van der Waals surface area contributed by atoms with Crippen LogP contribution in [0.2, 0.25) is 0 Å². The molecule has 1 saturated carbocycles. The molecular formula is C22H30N2O3. The Labute approximate surface area is 161 Å². The van der Waals surface area contributed by atoms with Crippen LogP contribution in [0.4, 0.5) is 0 Å². The van der Waals surface area contributed by atoms with E-state index < -0.39 is 17.9 Å². The SMILES string of the molecule is CC(C)(C)C1CCC(NC(=O)C2=C(O)C(Cc3ccccc3)NC2=O)CC1. The maximum atomic E-state index is 12.6. The van der Waals surface area contributed by atoms with Crippen LogP contribution in [0.15, 0.2) is 41.7 Å². The molecule has 1 fully saturated rings. The molecule has 5 nitrogen and oxygen atoms in total. The lowest BCUT2D eigenvalue weighted by Crippen LogP contribution is -2.41. The minimum absolute atomic E-state index is 0.0670. The number of carbonyl (C=O) groups excluding carboxylic acids is 2. The molecular weight excluding hydrogens is 340 g/mol. The van der Waals surface area contributed by atoms with Gasteiger partial charge in [0, 0.05) is 6.04 Å². The number of hydrogen-bond acceptors (Lipinski definition) is 3. The van der Waals surface area contributed by atoms with Gasteiger partial charge in [0.2, 0.25) is 0 Å². The zero-order chi connectivity index (χ0) is 19.6. The maximum absolute atomic E-state index is 12.6. The first-order chi connectivity index (χ1) is 12.8. The fraction of sp³-hybridized carbons (Fsp3) is 0.545. The molecule has 0 saturated heterocycles. The monoisotopic (exact) mass is 370 g/mol. The second-order valence-corrected chi connectivity index (χ2v) is 8.86. The van der Waals surface area contributed by atoms with Gasteiger partial charge < -0.3 is 15.7 Å². The van der Waals surface area contributed by atoms with Crippen molar-refractivity contribution >= 4 is 11.8 Å². The van der Waals surface area contributed by atoms with Crippen molar-refractivity contribution in [2.24, 2.45) is 11.3 Å². The topological polar surface area (TPSA) is 78.4 Å². The van der Waals surface area contributed by atoms with E-state index in [0.29, 0.717) is 12.3 Å². The third-order valence-corrected chi connectivity index (χ3v) is 5.92. The fourth-order valence-corrected chi connectivity index (χ4v) is 4.17. The van der Waals surface area contributed by atoms with E-state index in [1.165, 1.54) is 0 Å². The first-order valence-electron chi connectivity index (χ1n) is 9.84. The third kappa shape index (κ3) is 4.52. The number of aliphatic hydroxyl groups excluding tert-OH is 1. The van der Waals surface area contributed by atoms with E-state index >= 15 is 0 Å². The van der Waals surface area contributed by atoms with E-state index in [-0.39, 0.29) is 22.8 Å². The lowest BCUT2D eigenvalue weighted by molar-refractivity contribution is -0.123. The molecule has 146 valence electrons. The van der Waals surface area contributed by atoms with E-state index in [1.807, 2.05) is 30.3 Å². The fourth-order valence-electron chi connectivity index (χ4n) is 4.17. The molecule has 1 unspecified atom stereocenters. The number of nitrogens with one attached hydrogen (secondary N) is 2. The second-order valence-electron chi connectivity index (χ2n) is 8.86. The number of rotatable bonds is 4. The van der Waals surface area contributed by atoms with Gasteiger partial charge in [-0.05, 0) is 49.0 Å². The lowest BCUT2D eigenvalue weighted by atomic mass is 9.71. The smallest absolute Gasteiger partial charge is 0.261 e. The highest BCUT2D eigenvalue weighted by molar-refractivity contribution is 6.20. The molecule has 3 N–H and O–H groups in total. The van der Waals surface area contributed by atoms with Gasteiger partial charge in [-0.2, -0.15) is 0 Å². The van der Waals surface area contributed by atoms with Crippen LogP contribution in [-0.4, -0.2) is 29.0 Å². The van der Waals surface area contributed by atoms with Crippen molar-refractivity contribution < 1.29 is 14.7 Å². The average molecular weight is 370 g/mol. The molecule has 1 heterocycles. The van der Waals surface area contributed by atoms with Crippen LogP contribution in [0, 0.1) is 11.3 Å². The largest absolute Gasteiger partial charge is 0.509 e. The van der Waals surface area contributed by atoms with Gasteiger partial charge in [0.15, 0.2) is 0 Å². The molecule has 3 rings (SSSR count). The molecule has 1 aromatic carbocycles. The van der Waals surface area contributed by atoms with Gasteiger partial charge in [-0.1, -0.05) is 51.1 Å². The predicted molar refractivity (Wildman–Crippen MR) is 105 cm³/mol. The summed E-state index contributed by atoms with van der Waals surface area (Å²) in [5.41, 5.74) is 1.15. The van der Waals surface area contributed by atoms with Gasteiger partial charge in [0.05, 0.1) is 6.04 Å². The maximum Gasteiger partial charge on any atom is 0.261 e. The highest BCUT2D eigenvalue weighted by Crippen LogP contribution is 2.37. The summed E-state index contributed by atoms with van der Waals surface area (Å²) in [7, 11) is 0. The van der Waals surface area contributed by atoms with Gasteiger partial charge in [-0.3, -0.25) is 9.59 Å². The second kappa shape index (κ2) is 7.75. The molecule has 27 heavy (non-hydrogen) atoms. The first kappa shape index (κ1) is 19.5. The van der Waals surface area contributed by atoms with Crippen LogP contribution in [0.1, 0.15) is 52.0 Å². The Bertz CT molecular complexity index is 726. The zero-order valence-electron chi connectivity index (χ0n) is 16.4. The summed E-state index contributed by atoms with van der Waals surface area (Å²) in [6.07, 6.45) is 4.43. The summed E-state index contributed by atoms with van der Waals surface area (Å²) >= 11 is 0. The predicted octanol–water partition coefficient (Wildman–Crippen LogP) is 3.26. The summed E-state index contributed by atoms with van der Waals surface area (Å²) in [6.45, 7) is 6.78. The first-order valence-corrected chi connectivity index (χ1v) is 9.84. The Hall–Kier alpha value is -2.30. The van der Waals surface area contributed by atoms with E-state index in [1.54, 1.807) is 0 Å². The molecule has 2 amide bonds. The van der Waals surface area contributed by atoms with E-state index in [2.05, 4.69) is 31.4 Å². The van der Waals surface area contributed by atoms with Crippen molar-refractivity contribution in [2.45, 2.75) is 65.0 Å². The Morgan fingerprint density at radius 1 is 1.15 bits per heavy atom. The van der Waals surface area contributed by atoms with Gasteiger partial charge in [0.1, 0.15) is 11.3 Å². The van der Waals surface area contributed by atoms with Crippen LogP contribution in [0.25, 0.3) is 0 Å². The van der Waals surface area contributed by atoms with Crippen LogP contribution in [0.5, 0.6) is 0 Å². The number of carbonyl (C=O) groups is 2. The summed E-state index contributed by atoms with van der Waals surface area (Å²) in [5.74, 6) is -0.442. The van der Waals surface area contributed by atoms with Gasteiger partial charge >= 0.3 is 0 Å². The van der Waals surface area contributed by atoms with E-state index in [0.717, 1.165) is 31.2 Å². The molecule has 0 bridgehead atoms. The number of hydrogen-bond donors (Lipinski definition) is 3. The lowest BCUT2D eigenvalue weighted by Gasteiger charge is -2.37. The van der Waals surface area contributed by atoms with E-state index in [4.69, 9.17) is 0 Å². The van der Waals surface area contributed by atoms with Crippen LogP contribution in [-0.2, 0) is 16.0 Å². The quantitative estimate of drug-likeness (QED) is 0.712. The summed E-state index contributed by atoms with van der Waals surface area (Å²) in [4.78, 5) is 24.9. The number of amides is 2. The average Bonchev–Trinajstić information content (AvgIpc) is 2.89. The number of benzene rings is 1. The van der Waals surface area contributed by atoms with Gasteiger partial charge in [-0.25, -0.2) is 0 Å². The summed E-state index contributed by atoms with van der Waals surface area (Å²) < 4.78 is 0. The molecule has 0 radical (unpaired) electrons. The molecule has 1 aromatic rings. The standard InChI is InChI=1S/C22H30N2O3/c1-22(2,3)15-9-11-16(12-10-15)23-20(26)18-19(25)17(24-21(18)27)13-14-7-5-4-6-8-14/h4-8,15-17,25H,9-13H2,1-3H3,(H,23,26)(H,24,27). The molecule has 1 aliphatic carbocycles. The van der Waals surface area contributed by atoms with Crippen molar-refractivity contribution in [1.82, 2.24) is 10.6 Å². The minimum atomic E-state index is -0.544. The third-order valence-electron chi connectivity index (χ3n) is 5.92. The normalized spacial score (nSPS) is 26.0. The van der Waals surface area contributed by atoms with Crippen molar-refractivity contribution in [3.63, 3.8) is 0 Å². The molecule has 0 spiro atoms. The summed E-state index contributed by atoms with van der Waals surface area (Å²) in [6, 6.07) is 9.13. The summed E-state index contributed by atoms with van der Waals surface area (Å²) in [5, 5.41) is 16.1. The Kier molecular flexibility index (Phi) is 5.59. The van der Waals surface area contributed by atoms with Crippen LogP contribution >= 0.6 is 0 Å². The zero-order valence-corrected chi connectivity index (χ0v) is 16.4. The minimum Gasteiger partial charge on any atom is -0.509 e. The van der Waals surface area contributed by atoms with Crippen molar-refractivity contribution in [1.29, 1.82) is 0 Å². The number of aliphatic hydroxyl groups is 1. The van der Waals surface area contributed by atoms with Crippen molar-refractivity contribution in [3.8, 4) is 0 Å². The highest BCUT2D eigenvalue weighted by Gasteiger charge is 2.37. The molecule has 1 atom stereocenters. The molecule has 5 heteroatoms. The Morgan fingerprint density at radius 3 is 2.37 bits per heavy atom. The highest BCUT2D eigenvalue weighted by atomic mass is 16.3.